The van der Waals surface area contributed by atoms with Gasteiger partial charge in [0.15, 0.2) is 0 Å². The minimum atomic E-state index is -0.494. The number of halogens is 1. The highest BCUT2D eigenvalue weighted by Gasteiger charge is 2.14. The van der Waals surface area contributed by atoms with E-state index in [1.807, 2.05) is 13.8 Å². The number of hydrogen-bond donors (Lipinski definition) is 2. The average molecular weight is 242 g/mol. The number of anilines is 1. The van der Waals surface area contributed by atoms with E-state index in [2.05, 4.69) is 10.3 Å². The molecule has 0 bridgehead atoms. The van der Waals surface area contributed by atoms with Gasteiger partial charge in [-0.25, -0.2) is 4.98 Å². The molecule has 0 spiro atoms. The zero-order chi connectivity index (χ0) is 12.1. The summed E-state index contributed by atoms with van der Waals surface area (Å²) in [5.41, 5.74) is 6.36. The Kier molecular flexibility index (Phi) is 4.71. The number of aromatic nitrogens is 1. The smallest absolute Gasteiger partial charge is 0.241 e. The summed E-state index contributed by atoms with van der Waals surface area (Å²) in [6, 6.07) is 2.76. The molecule has 0 fully saturated rings. The standard InChI is InChI=1S/C11H16ClN3O/c1-7(2)5-9(13)11(16)15-8-3-4-14-10(12)6-8/h3-4,6-7,9H,5,13H2,1-2H3,(H,14,15,16). The van der Waals surface area contributed by atoms with Crippen LogP contribution >= 0.6 is 11.6 Å². The predicted octanol–water partition coefficient (Wildman–Crippen LogP) is 2.05. The molecule has 1 aromatic rings. The molecule has 0 aliphatic heterocycles. The van der Waals surface area contributed by atoms with E-state index in [4.69, 9.17) is 17.3 Å². The van der Waals surface area contributed by atoms with Crippen LogP contribution in [0.4, 0.5) is 5.69 Å². The van der Waals surface area contributed by atoms with Crippen molar-refractivity contribution in [3.05, 3.63) is 23.5 Å². The van der Waals surface area contributed by atoms with Gasteiger partial charge in [-0.1, -0.05) is 25.4 Å². The Morgan fingerprint density at radius 1 is 1.62 bits per heavy atom. The molecule has 5 heteroatoms. The number of hydrogen-bond acceptors (Lipinski definition) is 3. The Labute approximate surface area is 100 Å². The highest BCUT2D eigenvalue weighted by atomic mass is 35.5. The normalized spacial score (nSPS) is 12.6. The van der Waals surface area contributed by atoms with Crippen LogP contribution in [0.3, 0.4) is 0 Å². The molecule has 1 unspecified atom stereocenters. The molecule has 0 aliphatic carbocycles. The summed E-state index contributed by atoms with van der Waals surface area (Å²) in [7, 11) is 0. The number of carbonyl (C=O) groups excluding carboxylic acids is 1. The number of nitrogens with one attached hydrogen (secondary N) is 1. The molecule has 0 aliphatic rings. The maximum Gasteiger partial charge on any atom is 0.241 e. The van der Waals surface area contributed by atoms with Gasteiger partial charge in [0.05, 0.1) is 6.04 Å². The van der Waals surface area contributed by atoms with Gasteiger partial charge >= 0.3 is 0 Å². The second-order valence-corrected chi connectivity index (χ2v) is 4.48. The van der Waals surface area contributed by atoms with Crippen LogP contribution in [-0.4, -0.2) is 16.9 Å². The van der Waals surface area contributed by atoms with Crippen LogP contribution in [-0.2, 0) is 4.79 Å². The van der Waals surface area contributed by atoms with Crippen molar-refractivity contribution in [2.75, 3.05) is 5.32 Å². The summed E-state index contributed by atoms with van der Waals surface area (Å²) in [5.74, 6) is 0.192. The van der Waals surface area contributed by atoms with E-state index in [-0.39, 0.29) is 5.91 Å². The number of carbonyl (C=O) groups is 1. The van der Waals surface area contributed by atoms with E-state index in [0.29, 0.717) is 23.2 Å². The Morgan fingerprint density at radius 3 is 2.88 bits per heavy atom. The predicted molar refractivity (Wildman–Crippen MR) is 65.3 cm³/mol. The van der Waals surface area contributed by atoms with Gasteiger partial charge in [0.2, 0.25) is 5.91 Å². The van der Waals surface area contributed by atoms with Crippen molar-refractivity contribution in [3.63, 3.8) is 0 Å². The summed E-state index contributed by atoms with van der Waals surface area (Å²) >= 11 is 5.70. The van der Waals surface area contributed by atoms with Gasteiger partial charge in [0.25, 0.3) is 0 Å². The minimum absolute atomic E-state index is 0.198. The van der Waals surface area contributed by atoms with Crippen molar-refractivity contribution in [1.29, 1.82) is 0 Å². The topological polar surface area (TPSA) is 68.0 Å². The summed E-state index contributed by atoms with van der Waals surface area (Å²) in [6.45, 7) is 4.05. The molecule has 4 nitrogen and oxygen atoms in total. The van der Waals surface area contributed by atoms with Crippen LogP contribution < -0.4 is 11.1 Å². The average Bonchev–Trinajstić information content (AvgIpc) is 2.16. The Balaban J connectivity index is 2.57. The fourth-order valence-electron chi connectivity index (χ4n) is 1.33. The number of nitrogens with zero attached hydrogens (tertiary/aromatic N) is 1. The molecule has 1 atom stereocenters. The quantitative estimate of drug-likeness (QED) is 0.793. The molecule has 1 heterocycles. The van der Waals surface area contributed by atoms with Gasteiger partial charge in [0, 0.05) is 11.9 Å². The zero-order valence-corrected chi connectivity index (χ0v) is 10.2. The maximum absolute atomic E-state index is 11.7. The lowest BCUT2D eigenvalue weighted by molar-refractivity contribution is -0.117. The second kappa shape index (κ2) is 5.82. The highest BCUT2D eigenvalue weighted by Crippen LogP contribution is 2.12. The lowest BCUT2D eigenvalue weighted by Crippen LogP contribution is -2.36. The third-order valence-corrected chi connectivity index (χ3v) is 2.26. The zero-order valence-electron chi connectivity index (χ0n) is 9.40. The number of rotatable bonds is 4. The SMILES string of the molecule is CC(C)CC(N)C(=O)Nc1ccnc(Cl)c1. The first-order chi connectivity index (χ1) is 7.49. The van der Waals surface area contributed by atoms with Crippen molar-refractivity contribution < 1.29 is 4.79 Å². The third kappa shape index (κ3) is 4.16. The molecule has 88 valence electrons. The monoisotopic (exact) mass is 241 g/mol. The fourth-order valence-corrected chi connectivity index (χ4v) is 1.50. The molecule has 0 saturated carbocycles. The summed E-state index contributed by atoms with van der Waals surface area (Å²) in [5, 5.41) is 3.04. The van der Waals surface area contributed by atoms with Gasteiger partial charge in [-0.05, 0) is 24.5 Å². The Morgan fingerprint density at radius 2 is 2.31 bits per heavy atom. The van der Waals surface area contributed by atoms with Gasteiger partial charge in [-0.15, -0.1) is 0 Å². The van der Waals surface area contributed by atoms with Gasteiger partial charge in [-0.2, -0.15) is 0 Å². The first kappa shape index (κ1) is 12.9. The van der Waals surface area contributed by atoms with Crippen LogP contribution in [0, 0.1) is 5.92 Å². The Hall–Kier alpha value is -1.13. The first-order valence-electron chi connectivity index (χ1n) is 5.17. The van der Waals surface area contributed by atoms with Crippen LogP contribution in [0.2, 0.25) is 5.15 Å². The van der Waals surface area contributed by atoms with E-state index >= 15 is 0 Å². The maximum atomic E-state index is 11.7. The molecule has 1 rings (SSSR count). The number of amides is 1. The van der Waals surface area contributed by atoms with Crippen molar-refractivity contribution in [1.82, 2.24) is 4.98 Å². The molecule has 1 amide bonds. The molecule has 0 aromatic carbocycles. The van der Waals surface area contributed by atoms with Crippen LogP contribution in [0.5, 0.6) is 0 Å². The molecule has 3 N–H and O–H groups in total. The summed E-state index contributed by atoms with van der Waals surface area (Å²) in [6.07, 6.45) is 2.19. The van der Waals surface area contributed by atoms with Crippen LogP contribution in [0.25, 0.3) is 0 Å². The van der Waals surface area contributed by atoms with Crippen molar-refractivity contribution in [2.24, 2.45) is 11.7 Å². The lowest BCUT2D eigenvalue weighted by atomic mass is 10.0. The second-order valence-electron chi connectivity index (χ2n) is 4.09. The largest absolute Gasteiger partial charge is 0.325 e. The molecular weight excluding hydrogens is 226 g/mol. The van der Waals surface area contributed by atoms with E-state index in [0.717, 1.165) is 0 Å². The summed E-state index contributed by atoms with van der Waals surface area (Å²) < 4.78 is 0. The van der Waals surface area contributed by atoms with Crippen molar-refractivity contribution >= 4 is 23.2 Å². The molecule has 16 heavy (non-hydrogen) atoms. The first-order valence-corrected chi connectivity index (χ1v) is 5.55. The minimum Gasteiger partial charge on any atom is -0.325 e. The van der Waals surface area contributed by atoms with E-state index < -0.39 is 6.04 Å². The molecular formula is C11H16ClN3O. The fraction of sp³-hybridized carbons (Fsp3) is 0.455. The Bertz CT molecular complexity index is 368. The number of pyridine rings is 1. The van der Waals surface area contributed by atoms with Crippen molar-refractivity contribution in [3.8, 4) is 0 Å². The van der Waals surface area contributed by atoms with E-state index in [9.17, 15) is 4.79 Å². The highest BCUT2D eigenvalue weighted by molar-refractivity contribution is 6.29. The lowest BCUT2D eigenvalue weighted by Gasteiger charge is -2.14. The molecule has 0 radical (unpaired) electrons. The molecule has 1 aromatic heterocycles. The van der Waals surface area contributed by atoms with E-state index in [1.54, 1.807) is 12.1 Å². The van der Waals surface area contributed by atoms with Gasteiger partial charge < -0.3 is 11.1 Å². The van der Waals surface area contributed by atoms with E-state index in [1.165, 1.54) is 6.20 Å². The molecule has 0 saturated heterocycles. The summed E-state index contributed by atoms with van der Waals surface area (Å²) in [4.78, 5) is 15.5. The van der Waals surface area contributed by atoms with Gasteiger partial charge in [-0.3, -0.25) is 4.79 Å². The van der Waals surface area contributed by atoms with Crippen molar-refractivity contribution in [2.45, 2.75) is 26.3 Å². The third-order valence-electron chi connectivity index (χ3n) is 2.06. The number of nitrogens with two attached hydrogens (primary N) is 1. The van der Waals surface area contributed by atoms with Crippen LogP contribution in [0.15, 0.2) is 18.3 Å². The van der Waals surface area contributed by atoms with Gasteiger partial charge in [0.1, 0.15) is 5.15 Å². The van der Waals surface area contributed by atoms with Crippen LogP contribution in [0.1, 0.15) is 20.3 Å².